The van der Waals surface area contributed by atoms with Crippen LogP contribution >= 0.6 is 15.9 Å². The van der Waals surface area contributed by atoms with Gasteiger partial charge in [-0.05, 0) is 37.0 Å². The number of hydrogen-bond acceptors (Lipinski definition) is 2. The van der Waals surface area contributed by atoms with Gasteiger partial charge in [0.05, 0.1) is 0 Å². The Morgan fingerprint density at radius 1 is 1.47 bits per heavy atom. The van der Waals surface area contributed by atoms with Crippen molar-refractivity contribution in [3.05, 3.63) is 34.1 Å². The van der Waals surface area contributed by atoms with Gasteiger partial charge in [-0.3, -0.25) is 4.79 Å². The molecule has 0 aliphatic carbocycles. The van der Waals surface area contributed by atoms with Crippen molar-refractivity contribution in [1.29, 1.82) is 0 Å². The lowest BCUT2D eigenvalue weighted by Gasteiger charge is -2.21. The highest BCUT2D eigenvalue weighted by Gasteiger charge is 2.22. The topological polar surface area (TPSA) is 26.3 Å². The minimum Gasteiger partial charge on any atom is -0.370 e. The van der Waals surface area contributed by atoms with Crippen LogP contribution in [0, 0.1) is 5.82 Å². The van der Waals surface area contributed by atoms with E-state index in [0.717, 1.165) is 19.3 Å². The molecule has 1 atom stereocenters. The molecule has 17 heavy (non-hydrogen) atoms. The Bertz CT molecular complexity index is 414. The summed E-state index contributed by atoms with van der Waals surface area (Å²) < 4.78 is 19.6. The Morgan fingerprint density at radius 3 is 2.94 bits per heavy atom. The second-order valence-electron chi connectivity index (χ2n) is 4.23. The van der Waals surface area contributed by atoms with Crippen molar-refractivity contribution in [3.63, 3.8) is 0 Å². The molecular weight excluding hydrogens is 287 g/mol. The summed E-state index contributed by atoms with van der Waals surface area (Å²) in [5.41, 5.74) is 0.437. The molecule has 1 heterocycles. The summed E-state index contributed by atoms with van der Waals surface area (Å²) in [5, 5.41) is 0. The average molecular weight is 301 g/mol. The molecule has 1 saturated heterocycles. The van der Waals surface area contributed by atoms with Crippen LogP contribution in [-0.2, 0) is 16.0 Å². The molecule has 1 aromatic rings. The molecule has 4 heteroatoms. The van der Waals surface area contributed by atoms with Crippen LogP contribution in [0.25, 0.3) is 0 Å². The molecule has 1 aliphatic rings. The molecule has 0 bridgehead atoms. The van der Waals surface area contributed by atoms with E-state index in [9.17, 15) is 9.18 Å². The van der Waals surface area contributed by atoms with Gasteiger partial charge in [-0.15, -0.1) is 0 Å². The van der Waals surface area contributed by atoms with Crippen molar-refractivity contribution < 1.29 is 13.9 Å². The van der Waals surface area contributed by atoms with Crippen LogP contribution in [-0.4, -0.2) is 18.5 Å². The van der Waals surface area contributed by atoms with E-state index in [0.29, 0.717) is 16.6 Å². The van der Waals surface area contributed by atoms with E-state index in [1.54, 1.807) is 12.1 Å². The normalized spacial score (nSPS) is 20.2. The summed E-state index contributed by atoms with van der Waals surface area (Å²) in [7, 11) is 0. The van der Waals surface area contributed by atoms with Crippen molar-refractivity contribution in [2.24, 2.45) is 0 Å². The molecule has 0 radical (unpaired) electrons. The predicted molar refractivity (Wildman–Crippen MR) is 66.4 cm³/mol. The molecule has 0 saturated carbocycles. The van der Waals surface area contributed by atoms with Gasteiger partial charge in [-0.25, -0.2) is 4.39 Å². The second-order valence-corrected chi connectivity index (χ2v) is 5.15. The molecule has 92 valence electrons. The van der Waals surface area contributed by atoms with Crippen molar-refractivity contribution in [1.82, 2.24) is 0 Å². The van der Waals surface area contributed by atoms with Gasteiger partial charge in [0.25, 0.3) is 0 Å². The number of halogens is 2. The Morgan fingerprint density at radius 2 is 2.29 bits per heavy atom. The van der Waals surface area contributed by atoms with E-state index in [4.69, 9.17) is 4.74 Å². The zero-order valence-electron chi connectivity index (χ0n) is 9.42. The molecular formula is C13H14BrFO2. The number of benzene rings is 1. The maximum Gasteiger partial charge on any atom is 0.166 e. The first-order chi connectivity index (χ1) is 8.16. The highest BCUT2D eigenvalue weighted by atomic mass is 79.9. The molecule has 2 rings (SSSR count). The van der Waals surface area contributed by atoms with Crippen molar-refractivity contribution in [2.75, 3.05) is 6.61 Å². The van der Waals surface area contributed by atoms with Crippen LogP contribution in [0.5, 0.6) is 0 Å². The third-order valence-corrected chi connectivity index (χ3v) is 3.41. The summed E-state index contributed by atoms with van der Waals surface area (Å²) in [6.45, 7) is 0.638. The largest absolute Gasteiger partial charge is 0.370 e. The third-order valence-electron chi connectivity index (χ3n) is 2.92. The number of carbonyl (C=O) groups is 1. The highest BCUT2D eigenvalue weighted by molar-refractivity contribution is 9.10. The first kappa shape index (κ1) is 12.7. The fraction of sp³-hybridized carbons (Fsp3) is 0.462. The zero-order chi connectivity index (χ0) is 12.3. The molecule has 1 aromatic carbocycles. The molecule has 1 fully saturated rings. The molecule has 1 aliphatic heterocycles. The third kappa shape index (κ3) is 3.36. The van der Waals surface area contributed by atoms with E-state index >= 15 is 0 Å². The van der Waals surface area contributed by atoms with Crippen LogP contribution in [0.3, 0.4) is 0 Å². The van der Waals surface area contributed by atoms with Gasteiger partial charge in [-0.1, -0.05) is 22.0 Å². The van der Waals surface area contributed by atoms with E-state index < -0.39 is 0 Å². The summed E-state index contributed by atoms with van der Waals surface area (Å²) >= 11 is 3.19. The number of rotatable bonds is 3. The zero-order valence-corrected chi connectivity index (χ0v) is 11.0. The van der Waals surface area contributed by atoms with Gasteiger partial charge in [0.15, 0.2) is 5.78 Å². The molecule has 0 spiro atoms. The van der Waals surface area contributed by atoms with Gasteiger partial charge in [0.2, 0.25) is 0 Å². The highest BCUT2D eigenvalue weighted by Crippen LogP contribution is 2.19. The summed E-state index contributed by atoms with van der Waals surface area (Å²) in [5.74, 6) is -0.366. The monoisotopic (exact) mass is 300 g/mol. The van der Waals surface area contributed by atoms with Gasteiger partial charge in [0, 0.05) is 17.5 Å². The predicted octanol–water partition coefficient (Wildman–Crippen LogP) is 3.27. The van der Waals surface area contributed by atoms with Gasteiger partial charge in [0.1, 0.15) is 11.9 Å². The Balaban J connectivity index is 2.02. The standard InChI is InChI=1S/C13H14BrFO2/c14-10-5-4-9(11(15)8-10)7-12(16)13-3-1-2-6-17-13/h4-5,8,13H,1-3,6-7H2. The Hall–Kier alpha value is -0.740. The minimum atomic E-state index is -0.344. The number of hydrogen-bond donors (Lipinski definition) is 0. The number of ketones is 1. The maximum absolute atomic E-state index is 13.6. The number of Topliss-reactive ketones (excluding diaryl/α,β-unsaturated/α-hetero) is 1. The summed E-state index contributed by atoms with van der Waals surface area (Å²) in [6.07, 6.45) is 2.56. The second kappa shape index (κ2) is 5.74. The fourth-order valence-corrected chi connectivity index (χ4v) is 2.29. The summed E-state index contributed by atoms with van der Waals surface area (Å²) in [6, 6.07) is 4.76. The molecule has 0 N–H and O–H groups in total. The molecule has 2 nitrogen and oxygen atoms in total. The Labute approximate surface area is 108 Å². The minimum absolute atomic E-state index is 0.0223. The quantitative estimate of drug-likeness (QED) is 0.856. The number of carbonyl (C=O) groups excluding carboxylic acids is 1. The van der Waals surface area contributed by atoms with E-state index in [-0.39, 0.29) is 24.1 Å². The molecule has 0 amide bonds. The summed E-state index contributed by atoms with van der Waals surface area (Å²) in [4.78, 5) is 11.9. The van der Waals surface area contributed by atoms with Crippen LogP contribution in [0.2, 0.25) is 0 Å². The van der Waals surface area contributed by atoms with Gasteiger partial charge < -0.3 is 4.74 Å². The maximum atomic E-state index is 13.6. The van der Waals surface area contributed by atoms with Crippen LogP contribution < -0.4 is 0 Å². The first-order valence-corrected chi connectivity index (χ1v) is 6.54. The lowest BCUT2D eigenvalue weighted by atomic mass is 10.00. The molecule has 1 unspecified atom stereocenters. The van der Waals surface area contributed by atoms with Crippen LogP contribution in [0.1, 0.15) is 24.8 Å². The van der Waals surface area contributed by atoms with E-state index in [1.807, 2.05) is 0 Å². The van der Waals surface area contributed by atoms with Gasteiger partial charge >= 0.3 is 0 Å². The lowest BCUT2D eigenvalue weighted by Crippen LogP contribution is -2.29. The lowest BCUT2D eigenvalue weighted by molar-refractivity contribution is -0.132. The van der Waals surface area contributed by atoms with Crippen molar-refractivity contribution in [2.45, 2.75) is 31.8 Å². The van der Waals surface area contributed by atoms with Crippen molar-refractivity contribution in [3.8, 4) is 0 Å². The average Bonchev–Trinajstić information content (AvgIpc) is 2.34. The van der Waals surface area contributed by atoms with Gasteiger partial charge in [-0.2, -0.15) is 0 Å². The smallest absolute Gasteiger partial charge is 0.166 e. The molecule has 0 aromatic heterocycles. The van der Waals surface area contributed by atoms with E-state index in [2.05, 4.69) is 15.9 Å². The first-order valence-electron chi connectivity index (χ1n) is 5.75. The van der Waals surface area contributed by atoms with Crippen molar-refractivity contribution >= 4 is 21.7 Å². The van der Waals surface area contributed by atoms with Crippen LogP contribution in [0.15, 0.2) is 22.7 Å². The Kier molecular flexibility index (Phi) is 4.29. The fourth-order valence-electron chi connectivity index (χ4n) is 1.96. The van der Waals surface area contributed by atoms with Crippen LogP contribution in [0.4, 0.5) is 4.39 Å². The SMILES string of the molecule is O=C(Cc1ccc(Br)cc1F)C1CCCCO1. The number of ether oxygens (including phenoxy) is 1. The van der Waals surface area contributed by atoms with E-state index in [1.165, 1.54) is 6.07 Å².